The molecule has 0 fully saturated rings. The zero-order chi connectivity index (χ0) is 24.3. The first kappa shape index (κ1) is 25.1. The summed E-state index contributed by atoms with van der Waals surface area (Å²) in [5.74, 6) is -0.107. The Bertz CT molecular complexity index is 1100. The van der Waals surface area contributed by atoms with E-state index in [1.807, 2.05) is 24.3 Å². The molecule has 0 saturated carbocycles. The number of amides is 2. The highest BCUT2D eigenvalue weighted by molar-refractivity contribution is 7.15. The predicted molar refractivity (Wildman–Crippen MR) is 138 cm³/mol. The highest BCUT2D eigenvalue weighted by Crippen LogP contribution is 2.27. The van der Waals surface area contributed by atoms with E-state index in [4.69, 9.17) is 9.72 Å². The number of carbonyl (C=O) groups is 2. The number of hydrogen-bond donors (Lipinski definition) is 3. The lowest BCUT2D eigenvalue weighted by Gasteiger charge is -2.10. The number of aromatic nitrogens is 2. The molecule has 2 aromatic heterocycles. The summed E-state index contributed by atoms with van der Waals surface area (Å²) in [5.41, 5.74) is 6.99. The smallest absolute Gasteiger partial charge is 0.271 e. The normalized spacial score (nSPS) is 14.9. The molecule has 2 amide bonds. The number of hydrogen-bond acceptors (Lipinski definition) is 7. The van der Waals surface area contributed by atoms with Crippen molar-refractivity contribution in [2.24, 2.45) is 0 Å². The van der Waals surface area contributed by atoms with Gasteiger partial charge in [-0.2, -0.15) is 0 Å². The molecule has 1 aliphatic rings. The Hall–Kier alpha value is -3.04. The van der Waals surface area contributed by atoms with E-state index in [-0.39, 0.29) is 25.0 Å². The number of aryl methyl sites for hydroxylation is 2. The van der Waals surface area contributed by atoms with Crippen LogP contribution in [0.4, 0.5) is 5.13 Å². The number of thiazole rings is 1. The van der Waals surface area contributed by atoms with Crippen molar-refractivity contribution in [1.82, 2.24) is 20.8 Å². The fourth-order valence-corrected chi connectivity index (χ4v) is 5.29. The molecule has 8 nitrogen and oxygen atoms in total. The van der Waals surface area contributed by atoms with Crippen molar-refractivity contribution in [3.8, 4) is 5.75 Å². The molecule has 0 unspecified atom stereocenters. The zero-order valence-electron chi connectivity index (χ0n) is 20.0. The van der Waals surface area contributed by atoms with Crippen LogP contribution in [0.2, 0.25) is 0 Å². The first-order chi connectivity index (χ1) is 17.2. The number of nitrogens with one attached hydrogen (secondary N) is 3. The van der Waals surface area contributed by atoms with Gasteiger partial charge in [0.05, 0.1) is 12.2 Å². The second-order valence-electron chi connectivity index (χ2n) is 8.79. The van der Waals surface area contributed by atoms with Crippen molar-refractivity contribution in [1.29, 1.82) is 0 Å². The molecule has 186 valence electrons. The number of para-hydroxylation sites is 1. The molecule has 2 heterocycles. The van der Waals surface area contributed by atoms with Gasteiger partial charge in [0.25, 0.3) is 5.91 Å². The number of hydrazine groups is 1. The fraction of sp³-hybridized carbons (Fsp3) is 0.462. The van der Waals surface area contributed by atoms with Crippen molar-refractivity contribution in [3.63, 3.8) is 0 Å². The van der Waals surface area contributed by atoms with Crippen molar-refractivity contribution in [3.05, 3.63) is 47.1 Å². The van der Waals surface area contributed by atoms with Crippen LogP contribution in [0, 0.1) is 0 Å². The van der Waals surface area contributed by atoms with Gasteiger partial charge in [-0.05, 0) is 37.8 Å². The van der Waals surface area contributed by atoms with E-state index < -0.39 is 0 Å². The van der Waals surface area contributed by atoms with Crippen LogP contribution in [-0.2, 0) is 22.4 Å². The van der Waals surface area contributed by atoms with Crippen LogP contribution in [0.3, 0.4) is 0 Å². The lowest BCUT2D eigenvalue weighted by Crippen LogP contribution is -2.44. The molecule has 1 aliphatic carbocycles. The number of ether oxygens (including phenoxy) is 1. The maximum atomic E-state index is 12.4. The summed E-state index contributed by atoms with van der Waals surface area (Å²) in [6, 6.07) is 9.34. The minimum Gasteiger partial charge on any atom is -0.481 e. The Morgan fingerprint density at radius 3 is 2.49 bits per heavy atom. The van der Waals surface area contributed by atoms with Crippen LogP contribution >= 0.6 is 11.3 Å². The molecule has 0 spiro atoms. The van der Waals surface area contributed by atoms with Crippen molar-refractivity contribution in [2.45, 2.75) is 64.2 Å². The molecule has 3 N–H and O–H groups in total. The van der Waals surface area contributed by atoms with Crippen molar-refractivity contribution < 1.29 is 14.3 Å². The van der Waals surface area contributed by atoms with Crippen molar-refractivity contribution in [2.75, 3.05) is 18.5 Å². The van der Waals surface area contributed by atoms with E-state index in [0.717, 1.165) is 30.3 Å². The van der Waals surface area contributed by atoms with Crippen LogP contribution in [0.25, 0.3) is 10.9 Å². The summed E-state index contributed by atoms with van der Waals surface area (Å²) in [6.45, 7) is -0.255. The quantitative estimate of drug-likeness (QED) is 0.416. The Morgan fingerprint density at radius 2 is 1.66 bits per heavy atom. The second kappa shape index (κ2) is 13.2. The molecule has 0 aliphatic heterocycles. The topological polar surface area (TPSA) is 105 Å². The Labute approximate surface area is 209 Å². The molecule has 3 aromatic rings. The van der Waals surface area contributed by atoms with Crippen LogP contribution in [0.5, 0.6) is 5.75 Å². The molecule has 0 bridgehead atoms. The second-order valence-corrected chi connectivity index (χ2v) is 9.87. The van der Waals surface area contributed by atoms with Gasteiger partial charge < -0.3 is 10.1 Å². The summed E-state index contributed by atoms with van der Waals surface area (Å²) in [7, 11) is 0. The van der Waals surface area contributed by atoms with Gasteiger partial charge in [0, 0.05) is 16.5 Å². The van der Waals surface area contributed by atoms with E-state index in [0.29, 0.717) is 16.4 Å². The Morgan fingerprint density at radius 1 is 0.914 bits per heavy atom. The van der Waals surface area contributed by atoms with Gasteiger partial charge in [-0.15, -0.1) is 11.3 Å². The number of fused-ring (bicyclic) bond motifs is 2. The van der Waals surface area contributed by atoms with Gasteiger partial charge in [-0.3, -0.25) is 20.0 Å². The summed E-state index contributed by atoms with van der Waals surface area (Å²) >= 11 is 1.58. The van der Waals surface area contributed by atoms with Crippen molar-refractivity contribution >= 4 is 39.2 Å². The minimum atomic E-state index is -0.387. The van der Waals surface area contributed by atoms with Crippen LogP contribution in [0.15, 0.2) is 36.5 Å². The lowest BCUT2D eigenvalue weighted by molar-refractivity contribution is -0.124. The van der Waals surface area contributed by atoms with E-state index in [2.05, 4.69) is 21.2 Å². The third-order valence-corrected chi connectivity index (χ3v) is 7.10. The molecule has 0 atom stereocenters. The minimum absolute atomic E-state index is 0.0637. The molecular weight excluding hydrogens is 462 g/mol. The lowest BCUT2D eigenvalue weighted by atomic mass is 10.0. The monoisotopic (exact) mass is 495 g/mol. The molecule has 1 aromatic carbocycles. The number of anilines is 1. The van der Waals surface area contributed by atoms with Crippen LogP contribution in [-0.4, -0.2) is 34.9 Å². The average Bonchev–Trinajstić information content (AvgIpc) is 3.23. The number of benzene rings is 1. The maximum absolute atomic E-state index is 12.4. The van der Waals surface area contributed by atoms with Gasteiger partial charge in [-0.1, -0.05) is 56.7 Å². The molecule has 4 rings (SSSR count). The number of carbonyl (C=O) groups excluding carboxylic acids is 2. The van der Waals surface area contributed by atoms with Gasteiger partial charge in [0.15, 0.2) is 11.7 Å². The third kappa shape index (κ3) is 7.73. The predicted octanol–water partition coefficient (Wildman–Crippen LogP) is 4.55. The van der Waals surface area contributed by atoms with Gasteiger partial charge >= 0.3 is 0 Å². The Balaban J connectivity index is 1.21. The number of nitrogens with zero attached hydrogens (tertiary/aromatic N) is 2. The molecule has 35 heavy (non-hydrogen) atoms. The first-order valence-electron chi connectivity index (χ1n) is 12.5. The summed E-state index contributed by atoms with van der Waals surface area (Å²) < 4.78 is 5.61. The first-order valence-corrected chi connectivity index (χ1v) is 13.3. The number of pyridine rings is 1. The van der Waals surface area contributed by atoms with Gasteiger partial charge in [-0.25, -0.2) is 10.4 Å². The summed E-state index contributed by atoms with van der Waals surface area (Å²) in [6.07, 6.45) is 13.8. The molecule has 0 radical (unpaired) electrons. The maximum Gasteiger partial charge on any atom is 0.271 e. The highest BCUT2D eigenvalue weighted by Gasteiger charge is 2.14. The third-order valence-electron chi connectivity index (χ3n) is 6.02. The average molecular weight is 496 g/mol. The van der Waals surface area contributed by atoms with E-state index in [1.54, 1.807) is 23.6 Å². The van der Waals surface area contributed by atoms with Gasteiger partial charge in [0.1, 0.15) is 11.3 Å². The molecule has 0 saturated heterocycles. The van der Waals surface area contributed by atoms with Gasteiger partial charge in [0.2, 0.25) is 5.91 Å². The molecular formula is C26H33N5O3S. The summed E-state index contributed by atoms with van der Waals surface area (Å²) in [4.78, 5) is 34.8. The Kier molecular flexibility index (Phi) is 9.42. The van der Waals surface area contributed by atoms with E-state index in [1.165, 1.54) is 49.8 Å². The van der Waals surface area contributed by atoms with E-state index >= 15 is 0 Å². The zero-order valence-corrected chi connectivity index (χ0v) is 20.8. The summed E-state index contributed by atoms with van der Waals surface area (Å²) in [5, 5.41) is 4.43. The van der Waals surface area contributed by atoms with E-state index in [9.17, 15) is 9.59 Å². The fourth-order valence-electron chi connectivity index (χ4n) is 4.22. The number of rotatable bonds is 7. The SMILES string of the molecule is O=C(COc1cccc2cccnc12)NNCC(=O)Nc1nc2c(s1)CCCCCCCCCC2. The van der Waals surface area contributed by atoms with Crippen LogP contribution < -0.4 is 20.9 Å². The van der Waals surface area contributed by atoms with Crippen LogP contribution in [0.1, 0.15) is 61.9 Å². The standard InChI is InChI=1S/C26H33N5O3S/c32-23(30-26-29-20-13-7-5-3-1-2-4-6-8-15-22(20)35-26)17-28-31-24(33)18-34-21-14-9-11-19-12-10-16-27-25(19)21/h9-12,14,16,28H,1-8,13,15,17-18H2,(H,31,33)(H,29,30,32). The largest absolute Gasteiger partial charge is 0.481 e. The molecule has 9 heteroatoms. The highest BCUT2D eigenvalue weighted by atomic mass is 32.1.